The summed E-state index contributed by atoms with van der Waals surface area (Å²) in [6.45, 7) is 4.35. The number of nitrogens with one attached hydrogen (secondary N) is 1. The molecule has 0 radical (unpaired) electrons. The third-order valence-electron chi connectivity index (χ3n) is 6.50. The van der Waals surface area contributed by atoms with Gasteiger partial charge in [0, 0.05) is 45.7 Å². The van der Waals surface area contributed by atoms with Crippen LogP contribution in [0.4, 0.5) is 4.39 Å². The van der Waals surface area contributed by atoms with Gasteiger partial charge in [0.25, 0.3) is 0 Å². The van der Waals surface area contributed by atoms with Gasteiger partial charge in [-0.05, 0) is 35.4 Å². The Morgan fingerprint density at radius 2 is 1.76 bits per heavy atom. The fraction of sp³-hybridized carbons (Fsp3) is 0.440. The molecule has 2 saturated heterocycles. The van der Waals surface area contributed by atoms with Crippen molar-refractivity contribution in [1.29, 1.82) is 0 Å². The minimum atomic E-state index is -0.604. The molecule has 0 spiro atoms. The molecular weight excluding hydrogens is 441 g/mol. The summed E-state index contributed by atoms with van der Waals surface area (Å²) in [6.07, 6.45) is -0.489. The number of benzene rings is 2. The van der Waals surface area contributed by atoms with Crippen LogP contribution in [-0.2, 0) is 27.5 Å². The molecule has 0 saturated carbocycles. The summed E-state index contributed by atoms with van der Waals surface area (Å²) < 4.78 is 29.6. The van der Waals surface area contributed by atoms with Gasteiger partial charge in [0.2, 0.25) is 12.7 Å². The van der Waals surface area contributed by atoms with E-state index in [9.17, 15) is 14.0 Å². The molecule has 2 aromatic carbocycles. The van der Waals surface area contributed by atoms with Crippen molar-refractivity contribution in [2.75, 3.05) is 39.5 Å². The highest BCUT2D eigenvalue weighted by atomic mass is 19.1. The molecule has 180 valence electrons. The maximum Gasteiger partial charge on any atom is 0.240 e. The molecule has 0 aliphatic carbocycles. The molecule has 1 amide bonds. The predicted octanol–water partition coefficient (Wildman–Crippen LogP) is 1.71. The molecule has 0 bridgehead atoms. The van der Waals surface area contributed by atoms with Crippen molar-refractivity contribution in [3.63, 3.8) is 0 Å². The van der Waals surface area contributed by atoms with Gasteiger partial charge in [-0.2, -0.15) is 0 Å². The van der Waals surface area contributed by atoms with Crippen LogP contribution in [0.1, 0.15) is 17.5 Å². The monoisotopic (exact) mass is 469 g/mol. The minimum absolute atomic E-state index is 0.0342. The standard InChI is InChI=1S/C25H28FN3O5/c26-19-4-1-17(2-5-19)15-32-24-13-27-20(12-21(24)30)25(31)29-9-7-28(8-10-29)14-18-3-6-22-23(11-18)34-16-33-22/h1-6,11,20,24,27H,7-10,12-16H2. The number of Topliss-reactive ketones (excluding diaryl/α,β-unsaturated/α-hetero) is 1. The van der Waals surface area contributed by atoms with E-state index in [4.69, 9.17) is 14.2 Å². The average Bonchev–Trinajstić information content (AvgIpc) is 3.32. The second-order valence-corrected chi connectivity index (χ2v) is 8.85. The van der Waals surface area contributed by atoms with E-state index in [1.807, 2.05) is 23.1 Å². The average molecular weight is 470 g/mol. The highest BCUT2D eigenvalue weighted by molar-refractivity contribution is 5.92. The second-order valence-electron chi connectivity index (χ2n) is 8.85. The summed E-state index contributed by atoms with van der Waals surface area (Å²) in [5.41, 5.74) is 1.95. The van der Waals surface area contributed by atoms with E-state index in [1.165, 1.54) is 12.1 Å². The van der Waals surface area contributed by atoms with Gasteiger partial charge in [-0.25, -0.2) is 4.39 Å². The Morgan fingerprint density at radius 3 is 2.53 bits per heavy atom. The maximum atomic E-state index is 13.0. The number of carbonyl (C=O) groups excluding carboxylic acids is 2. The maximum absolute atomic E-state index is 13.0. The number of halogens is 1. The van der Waals surface area contributed by atoms with Crippen molar-refractivity contribution in [2.24, 2.45) is 0 Å². The fourth-order valence-electron chi connectivity index (χ4n) is 4.52. The van der Waals surface area contributed by atoms with Crippen LogP contribution >= 0.6 is 0 Å². The lowest BCUT2D eigenvalue weighted by Gasteiger charge is -2.38. The summed E-state index contributed by atoms with van der Waals surface area (Å²) in [5, 5.41) is 3.18. The Morgan fingerprint density at radius 1 is 1.03 bits per heavy atom. The highest BCUT2D eigenvalue weighted by Crippen LogP contribution is 2.32. The number of ether oxygens (including phenoxy) is 3. The van der Waals surface area contributed by atoms with Gasteiger partial charge in [-0.1, -0.05) is 18.2 Å². The van der Waals surface area contributed by atoms with Gasteiger partial charge in [-0.3, -0.25) is 14.5 Å². The molecule has 2 atom stereocenters. The normalized spacial score (nSPS) is 22.7. The van der Waals surface area contributed by atoms with Gasteiger partial charge in [0.1, 0.15) is 11.9 Å². The van der Waals surface area contributed by atoms with Crippen LogP contribution in [0.15, 0.2) is 42.5 Å². The molecule has 2 aromatic rings. The van der Waals surface area contributed by atoms with Crippen molar-refractivity contribution in [3.8, 4) is 11.5 Å². The number of ketones is 1. The van der Waals surface area contributed by atoms with Crippen molar-refractivity contribution < 1.29 is 28.2 Å². The molecule has 8 nitrogen and oxygen atoms in total. The quantitative estimate of drug-likeness (QED) is 0.690. The van der Waals surface area contributed by atoms with Crippen molar-refractivity contribution in [2.45, 2.75) is 31.7 Å². The molecule has 2 fully saturated rings. The topological polar surface area (TPSA) is 80.3 Å². The summed E-state index contributed by atoms with van der Waals surface area (Å²) in [4.78, 5) is 29.7. The first-order chi connectivity index (χ1) is 16.5. The van der Waals surface area contributed by atoms with Crippen LogP contribution < -0.4 is 14.8 Å². The first-order valence-corrected chi connectivity index (χ1v) is 11.6. The highest BCUT2D eigenvalue weighted by Gasteiger charge is 2.35. The van der Waals surface area contributed by atoms with Crippen LogP contribution in [-0.4, -0.2) is 73.2 Å². The molecule has 0 aromatic heterocycles. The largest absolute Gasteiger partial charge is 0.454 e. The van der Waals surface area contributed by atoms with Crippen LogP contribution in [0.2, 0.25) is 0 Å². The molecule has 5 rings (SSSR count). The summed E-state index contributed by atoms with van der Waals surface area (Å²) in [7, 11) is 0. The third kappa shape index (κ3) is 5.22. The van der Waals surface area contributed by atoms with Crippen molar-refractivity contribution >= 4 is 11.7 Å². The van der Waals surface area contributed by atoms with Gasteiger partial charge in [0.15, 0.2) is 17.3 Å². The summed E-state index contributed by atoms with van der Waals surface area (Å²) in [5.74, 6) is 1.12. The lowest BCUT2D eigenvalue weighted by atomic mass is 9.99. The molecule has 9 heteroatoms. The summed E-state index contributed by atoms with van der Waals surface area (Å²) in [6, 6.07) is 11.5. The van der Waals surface area contributed by atoms with Crippen LogP contribution in [0.3, 0.4) is 0 Å². The van der Waals surface area contributed by atoms with Crippen LogP contribution in [0.5, 0.6) is 11.5 Å². The minimum Gasteiger partial charge on any atom is -0.454 e. The summed E-state index contributed by atoms with van der Waals surface area (Å²) >= 11 is 0. The number of piperidine rings is 1. The van der Waals surface area contributed by atoms with Gasteiger partial charge >= 0.3 is 0 Å². The predicted molar refractivity (Wildman–Crippen MR) is 121 cm³/mol. The van der Waals surface area contributed by atoms with E-state index in [-0.39, 0.29) is 37.3 Å². The first-order valence-electron chi connectivity index (χ1n) is 11.6. The Labute approximate surface area is 197 Å². The van der Waals surface area contributed by atoms with Crippen LogP contribution in [0, 0.1) is 5.82 Å². The number of hydrogen-bond donors (Lipinski definition) is 1. The lowest BCUT2D eigenvalue weighted by Crippen LogP contribution is -2.58. The van der Waals surface area contributed by atoms with E-state index in [1.54, 1.807) is 12.1 Å². The Hall–Kier alpha value is -3.01. The van der Waals surface area contributed by atoms with E-state index in [2.05, 4.69) is 10.2 Å². The zero-order chi connectivity index (χ0) is 23.5. The van der Waals surface area contributed by atoms with Crippen molar-refractivity contribution in [1.82, 2.24) is 15.1 Å². The third-order valence-corrected chi connectivity index (χ3v) is 6.50. The van der Waals surface area contributed by atoms with Gasteiger partial charge in [0.05, 0.1) is 12.6 Å². The van der Waals surface area contributed by atoms with Crippen molar-refractivity contribution in [3.05, 3.63) is 59.4 Å². The molecule has 3 aliphatic heterocycles. The zero-order valence-electron chi connectivity index (χ0n) is 18.9. The number of rotatable bonds is 6. The number of amides is 1. The number of hydrogen-bond acceptors (Lipinski definition) is 7. The van der Waals surface area contributed by atoms with E-state index in [0.29, 0.717) is 19.6 Å². The van der Waals surface area contributed by atoms with Gasteiger partial charge < -0.3 is 24.4 Å². The lowest BCUT2D eigenvalue weighted by molar-refractivity contribution is -0.143. The number of piperazine rings is 1. The number of fused-ring (bicyclic) bond motifs is 1. The van der Waals surface area contributed by atoms with E-state index >= 15 is 0 Å². The fourth-order valence-corrected chi connectivity index (χ4v) is 4.52. The Bertz CT molecular complexity index is 1040. The van der Waals surface area contributed by atoms with Crippen LogP contribution in [0.25, 0.3) is 0 Å². The first kappa shape index (κ1) is 22.8. The Balaban J connectivity index is 1.06. The SMILES string of the molecule is O=C1CC(C(=O)N2CCN(Cc3ccc4c(c3)OCO4)CC2)NCC1OCc1ccc(F)cc1. The Kier molecular flexibility index (Phi) is 6.75. The smallest absolute Gasteiger partial charge is 0.240 e. The number of carbonyl (C=O) groups is 2. The molecular formula is C25H28FN3O5. The second kappa shape index (κ2) is 10.1. The molecule has 3 heterocycles. The molecule has 1 N–H and O–H groups in total. The van der Waals surface area contributed by atoms with E-state index < -0.39 is 12.1 Å². The molecule has 2 unspecified atom stereocenters. The number of nitrogens with zero attached hydrogens (tertiary/aromatic N) is 2. The van der Waals surface area contributed by atoms with Gasteiger partial charge in [-0.15, -0.1) is 0 Å². The molecule has 34 heavy (non-hydrogen) atoms. The zero-order valence-corrected chi connectivity index (χ0v) is 18.9. The van der Waals surface area contributed by atoms with E-state index in [0.717, 1.165) is 42.3 Å². The molecule has 3 aliphatic rings.